The van der Waals surface area contributed by atoms with Crippen molar-refractivity contribution < 1.29 is 0 Å². The number of hydrogen-bond acceptors (Lipinski definition) is 4. The van der Waals surface area contributed by atoms with Gasteiger partial charge < -0.3 is 5.32 Å². The second kappa shape index (κ2) is 6.76. The average Bonchev–Trinajstić information content (AvgIpc) is 3.38. The Kier molecular flexibility index (Phi) is 3.93. The Morgan fingerprint density at radius 2 is 1.45 bits per heavy atom. The molecule has 4 heteroatoms. The second-order valence-corrected chi connectivity index (χ2v) is 9.05. The van der Waals surface area contributed by atoms with Crippen molar-refractivity contribution in [1.82, 2.24) is 4.98 Å². The molecule has 0 radical (unpaired) electrons. The van der Waals surface area contributed by atoms with Gasteiger partial charge in [0.15, 0.2) is 0 Å². The lowest BCUT2D eigenvalue weighted by atomic mass is 10.0. The number of fused-ring (bicyclic) bond motifs is 7. The number of benzene rings is 4. The Bertz CT molecular complexity index is 1360. The minimum absolute atomic E-state index is 1.03. The average molecular weight is 409 g/mol. The fourth-order valence-electron chi connectivity index (χ4n) is 3.84. The van der Waals surface area contributed by atoms with Crippen molar-refractivity contribution in [1.29, 1.82) is 0 Å². The molecule has 2 heterocycles. The molecule has 0 fully saturated rings. The predicted octanol–water partition coefficient (Wildman–Crippen LogP) is 7.68. The monoisotopic (exact) mass is 408 g/mol. The van der Waals surface area contributed by atoms with E-state index in [0.717, 1.165) is 15.6 Å². The quantitative estimate of drug-likeness (QED) is 0.303. The van der Waals surface area contributed by atoms with Crippen LogP contribution in [0.4, 0.5) is 5.69 Å². The van der Waals surface area contributed by atoms with E-state index in [0.29, 0.717) is 0 Å². The molecule has 0 atom stereocenters. The number of aromatic nitrogens is 1. The summed E-state index contributed by atoms with van der Waals surface area (Å²) in [6.45, 7) is 0. The van der Waals surface area contributed by atoms with Crippen molar-refractivity contribution in [3.8, 4) is 0 Å². The molecule has 0 saturated heterocycles. The molecule has 0 unspecified atom stereocenters. The Labute approximate surface area is 176 Å². The summed E-state index contributed by atoms with van der Waals surface area (Å²) in [4.78, 5) is 6.24. The normalized spacial score (nSPS) is 15.0. The van der Waals surface area contributed by atoms with E-state index in [-0.39, 0.29) is 0 Å². The van der Waals surface area contributed by atoms with E-state index in [1.807, 2.05) is 0 Å². The first kappa shape index (κ1) is 16.8. The smallest absolute Gasteiger partial charge is 0.117 e. The lowest BCUT2D eigenvalue weighted by Gasteiger charge is -2.05. The molecule has 0 spiro atoms. The third kappa shape index (κ3) is 2.84. The van der Waals surface area contributed by atoms with Gasteiger partial charge in [0.2, 0.25) is 0 Å². The van der Waals surface area contributed by atoms with Crippen LogP contribution in [0, 0.1) is 0 Å². The van der Waals surface area contributed by atoms with Crippen molar-refractivity contribution >= 4 is 66.6 Å². The van der Waals surface area contributed by atoms with E-state index >= 15 is 0 Å². The van der Waals surface area contributed by atoms with Gasteiger partial charge in [-0.3, -0.25) is 0 Å². The minimum atomic E-state index is 1.03. The number of hydrogen-bond donors (Lipinski definition) is 1. The zero-order valence-electron chi connectivity index (χ0n) is 15.4. The van der Waals surface area contributed by atoms with Crippen LogP contribution in [0.5, 0.6) is 0 Å². The maximum atomic E-state index is 4.97. The molecule has 0 amide bonds. The summed E-state index contributed by atoms with van der Waals surface area (Å²) >= 11 is 3.52. The first-order valence-electron chi connectivity index (χ1n) is 9.49. The van der Waals surface area contributed by atoms with Crippen LogP contribution in [-0.4, -0.2) is 4.98 Å². The van der Waals surface area contributed by atoms with Gasteiger partial charge in [0.1, 0.15) is 5.01 Å². The van der Waals surface area contributed by atoms with E-state index in [2.05, 4.69) is 96.3 Å². The number of rotatable bonds is 2. The number of thiazole rings is 1. The SMILES string of the molecule is C(=Cc1nc2c3ccccc3c3ccccc3c2s1)C=C1Nc2ccccc2S1. The van der Waals surface area contributed by atoms with Gasteiger partial charge in [-0.15, -0.1) is 11.3 Å². The highest BCUT2D eigenvalue weighted by Crippen LogP contribution is 2.41. The summed E-state index contributed by atoms with van der Waals surface area (Å²) in [5, 5.41) is 10.7. The zero-order chi connectivity index (χ0) is 19.2. The van der Waals surface area contributed by atoms with Gasteiger partial charge in [0.05, 0.1) is 20.9 Å². The molecule has 4 aromatic carbocycles. The molecule has 1 aliphatic heterocycles. The van der Waals surface area contributed by atoms with Crippen LogP contribution in [0.3, 0.4) is 0 Å². The summed E-state index contributed by atoms with van der Waals surface area (Å²) in [7, 11) is 0. The van der Waals surface area contributed by atoms with Gasteiger partial charge in [0, 0.05) is 15.7 Å². The lowest BCUT2D eigenvalue weighted by molar-refractivity contribution is 1.46. The fraction of sp³-hybridized carbons (Fsp3) is 0. The molecular formula is C25H16N2S2. The van der Waals surface area contributed by atoms with Gasteiger partial charge >= 0.3 is 0 Å². The van der Waals surface area contributed by atoms with Crippen LogP contribution in [0.1, 0.15) is 5.01 Å². The van der Waals surface area contributed by atoms with Crippen LogP contribution in [0.2, 0.25) is 0 Å². The first-order chi connectivity index (χ1) is 14.4. The predicted molar refractivity (Wildman–Crippen MR) is 128 cm³/mol. The topological polar surface area (TPSA) is 24.9 Å². The minimum Gasteiger partial charge on any atom is -0.349 e. The lowest BCUT2D eigenvalue weighted by Crippen LogP contribution is -1.86. The standard InChI is InChI=1S/C25H16N2S2/c1-3-10-18-16(8-1)17-9-2-4-11-19(17)25-24(18)27-23(29-25)15-7-14-22-26-20-12-5-6-13-21(20)28-22/h1-15,26H. The summed E-state index contributed by atoms with van der Waals surface area (Å²) in [6, 6.07) is 25.6. The Balaban J connectivity index is 1.42. The Hall–Kier alpha value is -3.08. The number of allylic oxidation sites excluding steroid dienone is 2. The summed E-state index contributed by atoms with van der Waals surface area (Å²) in [6.07, 6.45) is 6.31. The molecule has 0 aliphatic carbocycles. The molecular weight excluding hydrogens is 392 g/mol. The maximum absolute atomic E-state index is 4.97. The van der Waals surface area contributed by atoms with Gasteiger partial charge in [0.25, 0.3) is 0 Å². The van der Waals surface area contributed by atoms with Gasteiger partial charge in [-0.1, -0.05) is 78.5 Å². The van der Waals surface area contributed by atoms with E-state index in [9.17, 15) is 0 Å². The van der Waals surface area contributed by atoms with E-state index in [1.165, 1.54) is 36.8 Å². The number of anilines is 1. The highest BCUT2D eigenvalue weighted by Gasteiger charge is 2.14. The van der Waals surface area contributed by atoms with Gasteiger partial charge in [-0.2, -0.15) is 0 Å². The summed E-state index contributed by atoms with van der Waals surface area (Å²) < 4.78 is 1.26. The number of nitrogens with zero attached hydrogens (tertiary/aromatic N) is 1. The van der Waals surface area contributed by atoms with Crippen LogP contribution in [-0.2, 0) is 0 Å². The van der Waals surface area contributed by atoms with E-state index < -0.39 is 0 Å². The zero-order valence-corrected chi connectivity index (χ0v) is 17.1. The van der Waals surface area contributed by atoms with Gasteiger partial charge in [-0.25, -0.2) is 4.98 Å². The van der Waals surface area contributed by atoms with E-state index in [1.54, 1.807) is 23.1 Å². The van der Waals surface area contributed by atoms with Crippen LogP contribution in [0.15, 0.2) is 94.9 Å². The second-order valence-electron chi connectivity index (χ2n) is 6.93. The summed E-state index contributed by atoms with van der Waals surface area (Å²) in [5.41, 5.74) is 2.27. The summed E-state index contributed by atoms with van der Waals surface area (Å²) in [5.74, 6) is 0. The number of para-hydroxylation sites is 1. The molecule has 5 aromatic rings. The van der Waals surface area contributed by atoms with Crippen molar-refractivity contribution in [3.63, 3.8) is 0 Å². The van der Waals surface area contributed by atoms with Crippen LogP contribution in [0.25, 0.3) is 37.8 Å². The fourth-order valence-corrected chi connectivity index (χ4v) is 5.80. The molecule has 0 bridgehead atoms. The highest BCUT2D eigenvalue weighted by atomic mass is 32.2. The number of nitrogens with one attached hydrogen (secondary N) is 1. The molecule has 1 aliphatic rings. The largest absolute Gasteiger partial charge is 0.349 e. The third-order valence-electron chi connectivity index (χ3n) is 5.14. The molecule has 6 rings (SSSR count). The van der Waals surface area contributed by atoms with Crippen molar-refractivity contribution in [3.05, 3.63) is 95.0 Å². The maximum Gasteiger partial charge on any atom is 0.117 e. The third-order valence-corrected chi connectivity index (χ3v) is 7.23. The van der Waals surface area contributed by atoms with Crippen LogP contribution >= 0.6 is 23.1 Å². The van der Waals surface area contributed by atoms with Gasteiger partial charge in [-0.05, 0) is 35.1 Å². The highest BCUT2D eigenvalue weighted by molar-refractivity contribution is 8.03. The Morgan fingerprint density at radius 1 is 0.759 bits per heavy atom. The molecule has 2 nitrogen and oxygen atoms in total. The molecule has 29 heavy (non-hydrogen) atoms. The van der Waals surface area contributed by atoms with E-state index in [4.69, 9.17) is 4.98 Å². The molecule has 1 aromatic heterocycles. The van der Waals surface area contributed by atoms with Crippen molar-refractivity contribution in [2.75, 3.05) is 5.32 Å². The molecule has 0 saturated carbocycles. The molecule has 138 valence electrons. The van der Waals surface area contributed by atoms with Crippen molar-refractivity contribution in [2.24, 2.45) is 0 Å². The van der Waals surface area contributed by atoms with Crippen LogP contribution < -0.4 is 5.32 Å². The molecule has 1 N–H and O–H groups in total. The Morgan fingerprint density at radius 3 is 2.28 bits per heavy atom. The van der Waals surface area contributed by atoms with Crippen molar-refractivity contribution in [2.45, 2.75) is 4.90 Å². The number of thioether (sulfide) groups is 1. The first-order valence-corrected chi connectivity index (χ1v) is 11.1.